The smallest absolute Gasteiger partial charge is 0.307 e. The summed E-state index contributed by atoms with van der Waals surface area (Å²) in [6, 6.07) is 3.44. The number of carbonyl (C=O) groups is 2. The van der Waals surface area contributed by atoms with Gasteiger partial charge in [-0.2, -0.15) is 0 Å². The van der Waals surface area contributed by atoms with Crippen LogP contribution in [0.5, 0.6) is 0 Å². The molecule has 1 heterocycles. The number of thiophene rings is 1. The highest BCUT2D eigenvalue weighted by Crippen LogP contribution is 2.22. The van der Waals surface area contributed by atoms with Crippen LogP contribution >= 0.6 is 11.3 Å². The van der Waals surface area contributed by atoms with E-state index in [0.29, 0.717) is 0 Å². The number of allylic oxidation sites excluding steroid dienone is 1. The molecule has 0 aliphatic carbocycles. The minimum atomic E-state index is -0.342. The highest BCUT2D eigenvalue weighted by atomic mass is 32.1. The largest absolute Gasteiger partial charge is 0.469 e. The van der Waals surface area contributed by atoms with Crippen molar-refractivity contribution in [3.8, 4) is 0 Å². The molecule has 0 radical (unpaired) electrons. The van der Waals surface area contributed by atoms with Crippen LogP contribution in [-0.2, 0) is 14.3 Å². The molecule has 98 valence electrons. The van der Waals surface area contributed by atoms with Crippen LogP contribution in [0.15, 0.2) is 29.2 Å². The van der Waals surface area contributed by atoms with E-state index in [1.54, 1.807) is 0 Å². The Kier molecular flexibility index (Phi) is 5.58. The summed E-state index contributed by atoms with van der Waals surface area (Å²) in [4.78, 5) is 24.0. The fourth-order valence-electron chi connectivity index (χ4n) is 1.44. The van der Waals surface area contributed by atoms with Crippen molar-refractivity contribution in [2.75, 3.05) is 7.11 Å². The second kappa shape index (κ2) is 6.96. The van der Waals surface area contributed by atoms with Crippen LogP contribution in [-0.4, -0.2) is 19.0 Å². The number of hydrogen-bond acceptors (Lipinski definition) is 4. The van der Waals surface area contributed by atoms with Gasteiger partial charge in [0.1, 0.15) is 0 Å². The van der Waals surface area contributed by atoms with E-state index < -0.39 is 0 Å². The molecule has 0 unspecified atom stereocenters. The standard InChI is InChI=1S/C13H17NO3S/c1-9(2)7-12(15)14-10(8-13(16)17-3)11-5-4-6-18-11/h4-7,10H,8H2,1-3H3,(H,14,15)/t10-/m0/s1. The average Bonchev–Trinajstić information content (AvgIpc) is 2.80. The van der Waals surface area contributed by atoms with Gasteiger partial charge in [-0.1, -0.05) is 11.6 Å². The summed E-state index contributed by atoms with van der Waals surface area (Å²) in [5.41, 5.74) is 0.912. The third kappa shape index (κ3) is 4.71. The number of nitrogens with one attached hydrogen (secondary N) is 1. The zero-order valence-electron chi connectivity index (χ0n) is 10.7. The lowest BCUT2D eigenvalue weighted by Gasteiger charge is -2.15. The quantitative estimate of drug-likeness (QED) is 0.658. The number of hydrogen-bond donors (Lipinski definition) is 1. The predicted molar refractivity (Wildman–Crippen MR) is 71.3 cm³/mol. The van der Waals surface area contributed by atoms with Crippen LogP contribution in [0.3, 0.4) is 0 Å². The van der Waals surface area contributed by atoms with E-state index >= 15 is 0 Å². The van der Waals surface area contributed by atoms with Gasteiger partial charge in [-0.05, 0) is 25.3 Å². The lowest BCUT2D eigenvalue weighted by atomic mass is 10.1. The SMILES string of the molecule is COC(=O)C[C@H](NC(=O)C=C(C)C)c1cccs1. The molecule has 0 saturated carbocycles. The van der Waals surface area contributed by atoms with Gasteiger partial charge in [-0.15, -0.1) is 11.3 Å². The number of esters is 1. The molecule has 1 amide bonds. The molecular weight excluding hydrogens is 250 g/mol. The fraction of sp³-hybridized carbons (Fsp3) is 0.385. The summed E-state index contributed by atoms with van der Waals surface area (Å²) in [6.45, 7) is 3.69. The molecule has 18 heavy (non-hydrogen) atoms. The van der Waals surface area contributed by atoms with Crippen molar-refractivity contribution in [2.24, 2.45) is 0 Å². The van der Waals surface area contributed by atoms with Gasteiger partial charge in [0.05, 0.1) is 19.6 Å². The van der Waals surface area contributed by atoms with Crippen molar-refractivity contribution < 1.29 is 14.3 Å². The van der Waals surface area contributed by atoms with Crippen LogP contribution in [0.1, 0.15) is 31.2 Å². The minimum absolute atomic E-state index is 0.138. The molecule has 1 rings (SSSR count). The fourth-order valence-corrected chi connectivity index (χ4v) is 2.22. The van der Waals surface area contributed by atoms with Gasteiger partial charge >= 0.3 is 5.97 Å². The zero-order chi connectivity index (χ0) is 13.5. The molecular formula is C13H17NO3S. The summed E-state index contributed by atoms with van der Waals surface area (Å²) < 4.78 is 4.64. The molecule has 0 spiro atoms. The second-order valence-electron chi connectivity index (χ2n) is 4.08. The molecule has 5 heteroatoms. The third-order valence-electron chi connectivity index (χ3n) is 2.22. The molecule has 0 aromatic carbocycles. The third-order valence-corrected chi connectivity index (χ3v) is 3.21. The van der Waals surface area contributed by atoms with Crippen molar-refractivity contribution in [3.05, 3.63) is 34.0 Å². The Morgan fingerprint density at radius 1 is 1.50 bits per heavy atom. The van der Waals surface area contributed by atoms with Gasteiger partial charge in [-0.25, -0.2) is 0 Å². The normalized spacial score (nSPS) is 11.5. The van der Waals surface area contributed by atoms with Gasteiger partial charge in [-0.3, -0.25) is 9.59 Å². The van der Waals surface area contributed by atoms with Gasteiger partial charge in [0.15, 0.2) is 0 Å². The van der Waals surface area contributed by atoms with Crippen LogP contribution in [0.2, 0.25) is 0 Å². The molecule has 1 aromatic rings. The van der Waals surface area contributed by atoms with E-state index in [1.165, 1.54) is 24.5 Å². The predicted octanol–water partition coefficient (Wildman–Crippen LogP) is 2.43. The van der Waals surface area contributed by atoms with E-state index in [-0.39, 0.29) is 24.3 Å². The Labute approximate surface area is 111 Å². The Hall–Kier alpha value is -1.62. The Morgan fingerprint density at radius 2 is 2.22 bits per heavy atom. The molecule has 0 fully saturated rings. The molecule has 1 atom stereocenters. The van der Waals surface area contributed by atoms with E-state index in [2.05, 4.69) is 10.1 Å². The molecule has 0 aliphatic rings. The number of carbonyl (C=O) groups excluding carboxylic acids is 2. The van der Waals surface area contributed by atoms with Gasteiger partial charge in [0.25, 0.3) is 0 Å². The Bertz CT molecular complexity index is 433. The molecule has 1 N–H and O–H groups in total. The Balaban J connectivity index is 2.76. The van der Waals surface area contributed by atoms with Crippen molar-refractivity contribution >= 4 is 23.2 Å². The van der Waals surface area contributed by atoms with Crippen molar-refractivity contribution in [1.82, 2.24) is 5.32 Å². The van der Waals surface area contributed by atoms with E-state index in [4.69, 9.17) is 0 Å². The Morgan fingerprint density at radius 3 is 2.72 bits per heavy atom. The number of amides is 1. The van der Waals surface area contributed by atoms with Gasteiger partial charge in [0, 0.05) is 11.0 Å². The molecule has 0 bridgehead atoms. The molecule has 1 aromatic heterocycles. The van der Waals surface area contributed by atoms with Crippen molar-refractivity contribution in [1.29, 1.82) is 0 Å². The van der Waals surface area contributed by atoms with Crippen LogP contribution < -0.4 is 5.32 Å². The molecule has 4 nitrogen and oxygen atoms in total. The first-order valence-corrected chi connectivity index (χ1v) is 6.46. The summed E-state index contributed by atoms with van der Waals surface area (Å²) in [5.74, 6) is -0.539. The van der Waals surface area contributed by atoms with Crippen LogP contribution in [0.25, 0.3) is 0 Å². The lowest BCUT2D eigenvalue weighted by molar-refractivity contribution is -0.141. The van der Waals surface area contributed by atoms with Crippen LogP contribution in [0, 0.1) is 0 Å². The average molecular weight is 267 g/mol. The highest BCUT2D eigenvalue weighted by Gasteiger charge is 2.18. The molecule has 0 aliphatic heterocycles. The minimum Gasteiger partial charge on any atom is -0.469 e. The summed E-state index contributed by atoms with van der Waals surface area (Å²) >= 11 is 1.50. The first-order valence-electron chi connectivity index (χ1n) is 5.58. The van der Waals surface area contributed by atoms with Gasteiger partial charge in [0.2, 0.25) is 5.91 Å². The number of ether oxygens (including phenoxy) is 1. The molecule has 0 saturated heterocycles. The first-order chi connectivity index (χ1) is 8.52. The van der Waals surface area contributed by atoms with E-state index in [1.807, 2.05) is 31.4 Å². The summed E-state index contributed by atoms with van der Waals surface area (Å²) in [5, 5.41) is 4.72. The highest BCUT2D eigenvalue weighted by molar-refractivity contribution is 7.10. The van der Waals surface area contributed by atoms with Gasteiger partial charge < -0.3 is 10.1 Å². The second-order valence-corrected chi connectivity index (χ2v) is 5.06. The van der Waals surface area contributed by atoms with Crippen molar-refractivity contribution in [2.45, 2.75) is 26.3 Å². The van der Waals surface area contributed by atoms with Crippen LogP contribution in [0.4, 0.5) is 0 Å². The lowest BCUT2D eigenvalue weighted by Crippen LogP contribution is -2.28. The summed E-state index contributed by atoms with van der Waals surface area (Å²) in [6.07, 6.45) is 1.65. The summed E-state index contributed by atoms with van der Waals surface area (Å²) in [7, 11) is 1.34. The maximum atomic E-state index is 11.7. The zero-order valence-corrected chi connectivity index (χ0v) is 11.5. The number of methoxy groups -OCH3 is 1. The topological polar surface area (TPSA) is 55.4 Å². The van der Waals surface area contributed by atoms with E-state index in [0.717, 1.165) is 10.5 Å². The monoisotopic (exact) mass is 267 g/mol. The first kappa shape index (κ1) is 14.4. The van der Waals surface area contributed by atoms with Crippen molar-refractivity contribution in [3.63, 3.8) is 0 Å². The number of rotatable bonds is 5. The maximum Gasteiger partial charge on any atom is 0.307 e. The maximum absolute atomic E-state index is 11.7. The van der Waals surface area contributed by atoms with E-state index in [9.17, 15) is 9.59 Å².